The lowest BCUT2D eigenvalue weighted by molar-refractivity contribution is -0.135. The Labute approximate surface area is 130 Å². The highest BCUT2D eigenvalue weighted by Gasteiger charge is 2.32. The van der Waals surface area contributed by atoms with Crippen LogP contribution in [0.4, 0.5) is 8.78 Å². The number of rotatable bonds is 4. The number of hydrogen-bond donors (Lipinski definition) is 1. The van der Waals surface area contributed by atoms with Crippen LogP contribution in [0.2, 0.25) is 0 Å². The molecule has 122 valence electrons. The summed E-state index contributed by atoms with van der Waals surface area (Å²) >= 11 is 0. The summed E-state index contributed by atoms with van der Waals surface area (Å²) in [5.74, 6) is -0.407. The molecule has 2 N–H and O–H groups in total. The van der Waals surface area contributed by atoms with Crippen molar-refractivity contribution in [1.29, 1.82) is 0 Å². The summed E-state index contributed by atoms with van der Waals surface area (Å²) < 4.78 is 26.6. The van der Waals surface area contributed by atoms with E-state index < -0.39 is 11.6 Å². The Hall–Kier alpha value is -1.49. The van der Waals surface area contributed by atoms with Gasteiger partial charge >= 0.3 is 0 Å². The van der Waals surface area contributed by atoms with Crippen molar-refractivity contribution in [3.8, 4) is 0 Å². The zero-order valence-corrected chi connectivity index (χ0v) is 13.2. The summed E-state index contributed by atoms with van der Waals surface area (Å²) in [4.78, 5) is 14.1. The highest BCUT2D eigenvalue weighted by atomic mass is 19.1. The van der Waals surface area contributed by atoms with E-state index in [1.54, 1.807) is 0 Å². The quantitative estimate of drug-likeness (QED) is 0.929. The third-order valence-corrected chi connectivity index (χ3v) is 4.70. The van der Waals surface area contributed by atoms with Crippen LogP contribution < -0.4 is 5.73 Å². The number of halogens is 2. The largest absolute Gasteiger partial charge is 0.338 e. The van der Waals surface area contributed by atoms with Gasteiger partial charge in [0, 0.05) is 25.0 Å². The first-order chi connectivity index (χ1) is 10.4. The number of amides is 1. The predicted octanol–water partition coefficient (Wildman–Crippen LogP) is 2.87. The monoisotopic (exact) mass is 310 g/mol. The molecule has 0 aliphatic carbocycles. The van der Waals surface area contributed by atoms with Crippen LogP contribution in [0.15, 0.2) is 18.2 Å². The molecule has 1 aromatic rings. The molecule has 0 aromatic heterocycles. The molecular weight excluding hydrogens is 286 g/mol. The maximum absolute atomic E-state index is 13.5. The average molecular weight is 310 g/mol. The summed E-state index contributed by atoms with van der Waals surface area (Å²) in [6.45, 7) is 4.81. The van der Waals surface area contributed by atoms with E-state index in [9.17, 15) is 13.6 Å². The Morgan fingerprint density at radius 2 is 2.09 bits per heavy atom. The Balaban J connectivity index is 1.86. The van der Waals surface area contributed by atoms with Crippen molar-refractivity contribution >= 4 is 5.91 Å². The molecule has 1 aliphatic heterocycles. The molecule has 5 heteroatoms. The molecule has 2 rings (SSSR count). The SMILES string of the molecule is C[C@H]1CCN(C(=O)CCCc2cc(F)ccc2F)[C@@H](C)[C@H]1N. The van der Waals surface area contributed by atoms with Crippen molar-refractivity contribution < 1.29 is 13.6 Å². The first kappa shape index (κ1) is 16.9. The van der Waals surface area contributed by atoms with Crippen molar-refractivity contribution in [2.24, 2.45) is 11.7 Å². The van der Waals surface area contributed by atoms with Crippen molar-refractivity contribution in [2.75, 3.05) is 6.54 Å². The molecule has 0 unspecified atom stereocenters. The highest BCUT2D eigenvalue weighted by molar-refractivity contribution is 5.76. The minimum Gasteiger partial charge on any atom is -0.338 e. The molecule has 1 aliphatic rings. The molecule has 1 aromatic carbocycles. The van der Waals surface area contributed by atoms with Gasteiger partial charge in [0.15, 0.2) is 0 Å². The normalized spacial score (nSPS) is 25.3. The lowest BCUT2D eigenvalue weighted by Gasteiger charge is -2.41. The van der Waals surface area contributed by atoms with Crippen LogP contribution in [0.3, 0.4) is 0 Å². The van der Waals surface area contributed by atoms with E-state index in [1.165, 1.54) is 6.07 Å². The second-order valence-electron chi connectivity index (χ2n) is 6.26. The summed E-state index contributed by atoms with van der Waals surface area (Å²) in [6.07, 6.45) is 2.12. The second-order valence-corrected chi connectivity index (χ2v) is 6.26. The van der Waals surface area contributed by atoms with Gasteiger partial charge in [-0.05, 0) is 55.9 Å². The van der Waals surface area contributed by atoms with Crippen molar-refractivity contribution in [2.45, 2.75) is 51.6 Å². The van der Waals surface area contributed by atoms with Crippen LogP contribution in [0, 0.1) is 17.6 Å². The molecule has 1 heterocycles. The number of nitrogens with zero attached hydrogens (tertiary/aromatic N) is 1. The van der Waals surface area contributed by atoms with Crippen LogP contribution in [0.5, 0.6) is 0 Å². The van der Waals surface area contributed by atoms with Gasteiger partial charge in [0.2, 0.25) is 5.91 Å². The van der Waals surface area contributed by atoms with Crippen molar-refractivity contribution in [1.82, 2.24) is 4.90 Å². The van der Waals surface area contributed by atoms with Crippen LogP contribution in [0.1, 0.15) is 38.7 Å². The molecule has 1 saturated heterocycles. The second kappa shape index (κ2) is 7.18. The van der Waals surface area contributed by atoms with E-state index in [0.717, 1.165) is 25.1 Å². The lowest BCUT2D eigenvalue weighted by Crippen LogP contribution is -2.56. The van der Waals surface area contributed by atoms with E-state index >= 15 is 0 Å². The zero-order chi connectivity index (χ0) is 16.3. The molecule has 3 nitrogen and oxygen atoms in total. The van der Waals surface area contributed by atoms with Gasteiger partial charge in [0.1, 0.15) is 11.6 Å². The number of benzene rings is 1. The van der Waals surface area contributed by atoms with Gasteiger partial charge in [-0.2, -0.15) is 0 Å². The molecule has 1 fully saturated rings. The summed E-state index contributed by atoms with van der Waals surface area (Å²) in [5.41, 5.74) is 6.44. The smallest absolute Gasteiger partial charge is 0.222 e. The van der Waals surface area contributed by atoms with Crippen LogP contribution >= 0.6 is 0 Å². The number of nitrogens with two attached hydrogens (primary N) is 1. The number of hydrogen-bond acceptors (Lipinski definition) is 2. The molecule has 0 bridgehead atoms. The minimum absolute atomic E-state index is 0.00152. The Morgan fingerprint density at radius 1 is 1.36 bits per heavy atom. The van der Waals surface area contributed by atoms with Gasteiger partial charge in [0.05, 0.1) is 0 Å². The summed E-state index contributed by atoms with van der Waals surface area (Å²) in [6, 6.07) is 3.45. The van der Waals surface area contributed by atoms with E-state index in [4.69, 9.17) is 5.73 Å². The fraction of sp³-hybridized carbons (Fsp3) is 0.588. The van der Waals surface area contributed by atoms with Crippen LogP contribution in [-0.2, 0) is 11.2 Å². The Bertz CT molecular complexity index is 535. The van der Waals surface area contributed by atoms with E-state index in [2.05, 4.69) is 6.92 Å². The molecule has 1 amide bonds. The fourth-order valence-electron chi connectivity index (χ4n) is 3.08. The highest BCUT2D eigenvalue weighted by Crippen LogP contribution is 2.22. The van der Waals surface area contributed by atoms with Gasteiger partial charge in [-0.25, -0.2) is 8.78 Å². The molecule has 22 heavy (non-hydrogen) atoms. The topological polar surface area (TPSA) is 46.3 Å². The van der Waals surface area contributed by atoms with E-state index in [1.807, 2.05) is 11.8 Å². The standard InChI is InChI=1S/C17H24F2N2O/c1-11-8-9-21(12(2)17(11)20)16(22)5-3-4-13-10-14(18)6-7-15(13)19/h6-7,10-12,17H,3-5,8-9,20H2,1-2H3/t11-,12-,17-/m0/s1. The molecule has 0 radical (unpaired) electrons. The van der Waals surface area contributed by atoms with E-state index in [-0.39, 0.29) is 18.0 Å². The average Bonchev–Trinajstić information content (AvgIpc) is 2.48. The summed E-state index contributed by atoms with van der Waals surface area (Å²) in [5, 5.41) is 0. The maximum atomic E-state index is 13.5. The molecular formula is C17H24F2N2O. The lowest BCUT2D eigenvalue weighted by atomic mass is 9.88. The number of carbonyl (C=O) groups is 1. The Morgan fingerprint density at radius 3 is 2.82 bits per heavy atom. The maximum Gasteiger partial charge on any atom is 0.222 e. The first-order valence-electron chi connectivity index (χ1n) is 7.89. The first-order valence-corrected chi connectivity index (χ1v) is 7.89. The van der Waals surface area contributed by atoms with Gasteiger partial charge in [-0.1, -0.05) is 6.92 Å². The van der Waals surface area contributed by atoms with Gasteiger partial charge in [-0.15, -0.1) is 0 Å². The Kier molecular flexibility index (Phi) is 5.51. The number of piperidine rings is 1. The molecule has 0 spiro atoms. The molecule has 0 saturated carbocycles. The predicted molar refractivity (Wildman–Crippen MR) is 82.2 cm³/mol. The number of carbonyl (C=O) groups excluding carboxylic acids is 1. The van der Waals surface area contributed by atoms with Gasteiger partial charge < -0.3 is 10.6 Å². The zero-order valence-electron chi connectivity index (χ0n) is 13.2. The van der Waals surface area contributed by atoms with Crippen molar-refractivity contribution in [3.05, 3.63) is 35.4 Å². The van der Waals surface area contributed by atoms with Crippen LogP contribution in [0.25, 0.3) is 0 Å². The fourth-order valence-corrected chi connectivity index (χ4v) is 3.08. The van der Waals surface area contributed by atoms with Gasteiger partial charge in [-0.3, -0.25) is 4.79 Å². The number of likely N-dealkylation sites (tertiary alicyclic amines) is 1. The van der Waals surface area contributed by atoms with Crippen LogP contribution in [-0.4, -0.2) is 29.4 Å². The van der Waals surface area contributed by atoms with E-state index in [0.29, 0.717) is 30.7 Å². The summed E-state index contributed by atoms with van der Waals surface area (Å²) in [7, 11) is 0. The minimum atomic E-state index is -0.452. The van der Waals surface area contributed by atoms with Gasteiger partial charge in [0.25, 0.3) is 0 Å². The third kappa shape index (κ3) is 3.83. The van der Waals surface area contributed by atoms with Crippen molar-refractivity contribution in [3.63, 3.8) is 0 Å². The third-order valence-electron chi connectivity index (χ3n) is 4.70. The number of aryl methyl sites for hydroxylation is 1. The molecule has 3 atom stereocenters.